The Morgan fingerprint density at radius 3 is 0.778 bits per heavy atom. The predicted octanol–water partition coefficient (Wildman–Crippen LogP) is 15.7. The van der Waals surface area contributed by atoms with Gasteiger partial charge in [0.15, 0.2) is 5.41 Å². The van der Waals surface area contributed by atoms with Crippen LogP contribution in [0.2, 0.25) is 0 Å². The second-order valence-electron chi connectivity index (χ2n) is 21.5. The van der Waals surface area contributed by atoms with E-state index in [1.165, 1.54) is 85.2 Å². The van der Waals surface area contributed by atoms with E-state index in [1.54, 1.807) is 38.5 Å². The van der Waals surface area contributed by atoms with E-state index in [1.807, 2.05) is 44.8 Å². The molecule has 0 spiro atoms. The van der Waals surface area contributed by atoms with Crippen LogP contribution in [0, 0.1) is 10.8 Å². The topological polar surface area (TPSA) is 228 Å². The molecule has 0 aliphatic heterocycles. The van der Waals surface area contributed by atoms with E-state index in [0.29, 0.717) is 5.41 Å². The molecule has 0 saturated carbocycles. The number of ether oxygens (including phenoxy) is 3. The number of hydrogen-bond acceptors (Lipinski definition) is 17. The molecule has 0 saturated heterocycles. The molecule has 3 rings (SSSR count). The summed E-state index contributed by atoms with van der Waals surface area (Å²) in [6, 6.07) is 31.5. The largest absolute Gasteiger partial charge is 0.469 e. The molecule has 90 heavy (non-hydrogen) atoms. The summed E-state index contributed by atoms with van der Waals surface area (Å²) in [5, 5.41) is 0. The fraction of sp³-hybridized carbons (Fsp3) is 0.625. The van der Waals surface area contributed by atoms with Crippen molar-refractivity contribution in [2.24, 2.45) is 10.8 Å². The lowest BCUT2D eigenvalue weighted by Crippen LogP contribution is -2.44. The third kappa shape index (κ3) is 128. The van der Waals surface area contributed by atoms with Gasteiger partial charge in [0.25, 0.3) is 10.1 Å². The highest BCUT2D eigenvalue weighted by atomic mass is 32.2. The molecule has 0 N–H and O–H groups in total. The van der Waals surface area contributed by atoms with Gasteiger partial charge >= 0.3 is 30.3 Å². The minimum atomic E-state index is -5.24. The number of para-hydroxylation sites is 1. The quantitative estimate of drug-likeness (QED) is 0.0967. The van der Waals surface area contributed by atoms with Crippen LogP contribution in [0.4, 0.5) is 32.0 Å². The standard InChI is InChI=1S/C15H16.C8H11N.C5H6F6.C5H8O2.C5H12.C4H6O3.C3H6O2.C3H6O.2C3H8.C2H6O3S.C2H6O2S.C2H6OS.C2H6O.C2H6S/c1-15(2,13-9-5-3-6-10-13)14-11-7-4-8-12-14;1-9(2)8-6-4-3-5-7-8;1-3(2,4(6,7)8)5(9,10)11;1-4(6)3-5(2)7;1-5(2,3)4;1-3(5)7-4(2)6;1-3(4)5-2;1-3(2)4;2*1-3-2;1-5-6(2,3)4;1-5(2,3)4;1-4(2)3;2*1-3-2/h3-12H,1-2H3;3-7H,1-2H3;1-2H3;3H2,1-2H3;1-4H3;1-2H3;1-2H3;1-2H3;2*3H2,1-2H3;1-2H3;1-2H3;1-2H3;2*1-2H3. The number of halogens is 6. The van der Waals surface area contributed by atoms with E-state index < -0.39 is 60.5 Å². The maximum Gasteiger partial charge on any atom is 0.402 e. The smallest absolute Gasteiger partial charge is 0.402 e. The van der Waals surface area contributed by atoms with Gasteiger partial charge in [-0.05, 0) is 82.7 Å². The average molecular weight is 1380 g/mol. The molecule has 16 nitrogen and oxygen atoms in total. The molecule has 0 bridgehead atoms. The SMILES string of the molecule is CC(=O)CC(C)=O.CC(=O)OC(C)=O.CC(C)(C(F)(F)F)C(F)(F)F.CC(C)(C)C.CC(C)(c1ccccc1)c1ccccc1.CC(C)=O.CCC.CCC.CN(C)c1ccccc1.COC.COC(C)=O.COS(C)(=O)=O.CS(C)(=O)=O.CS(C)=O.CSC. The summed E-state index contributed by atoms with van der Waals surface area (Å²) in [6.45, 7) is 31.6. The minimum absolute atomic E-state index is 0.0625. The molecule has 0 heterocycles. The van der Waals surface area contributed by atoms with Crippen LogP contribution in [0.1, 0.15) is 162 Å². The molecule has 0 aliphatic carbocycles. The van der Waals surface area contributed by atoms with E-state index in [-0.39, 0.29) is 49.0 Å². The summed E-state index contributed by atoms with van der Waals surface area (Å²) < 4.78 is 134. The molecular weight excluding hydrogens is 1260 g/mol. The summed E-state index contributed by atoms with van der Waals surface area (Å²) in [7, 11) is 3.35. The Hall–Kier alpha value is -5.02. The molecular formula is C64H117F6NO15S4. The molecule has 3 aromatic carbocycles. The number of benzene rings is 3. The second kappa shape index (κ2) is 66.9. The van der Waals surface area contributed by atoms with Crippen molar-refractivity contribution < 1.29 is 94.5 Å². The van der Waals surface area contributed by atoms with Crippen LogP contribution in [-0.2, 0) is 83.3 Å². The number of alkyl halides is 6. The number of rotatable bonds is 6. The highest BCUT2D eigenvalue weighted by Crippen LogP contribution is 2.49. The van der Waals surface area contributed by atoms with Gasteiger partial charge in [-0.3, -0.25) is 32.4 Å². The number of esters is 3. The van der Waals surface area contributed by atoms with E-state index >= 15 is 0 Å². The first-order valence-corrected chi connectivity index (χ1v) is 35.1. The van der Waals surface area contributed by atoms with Crippen LogP contribution in [0.25, 0.3) is 0 Å². The summed E-state index contributed by atoms with van der Waals surface area (Å²) in [5.74, 6) is -1.33. The van der Waals surface area contributed by atoms with E-state index in [9.17, 15) is 76.2 Å². The molecule has 534 valence electrons. The number of anilines is 1. The number of carbonyl (C=O) groups excluding carboxylic acids is 6. The second-order valence-corrected chi connectivity index (χ2v) is 27.8. The van der Waals surface area contributed by atoms with Crippen molar-refractivity contribution in [1.82, 2.24) is 0 Å². The molecule has 0 atom stereocenters. The predicted molar refractivity (Wildman–Crippen MR) is 366 cm³/mol. The lowest BCUT2D eigenvalue weighted by molar-refractivity contribution is -0.327. The van der Waals surface area contributed by atoms with Gasteiger partial charge in [-0.15, -0.1) is 0 Å². The third-order valence-corrected chi connectivity index (χ3v) is 7.66. The Morgan fingerprint density at radius 2 is 0.700 bits per heavy atom. The number of sulfone groups is 1. The van der Waals surface area contributed by atoms with Crippen LogP contribution in [0.5, 0.6) is 0 Å². The third-order valence-electron chi connectivity index (χ3n) is 7.06. The summed E-state index contributed by atoms with van der Waals surface area (Å²) in [5.41, 5.74) is 0.924. The van der Waals surface area contributed by atoms with Gasteiger partial charge < -0.3 is 23.9 Å². The molecule has 0 fully saturated rings. The number of Topliss-reactive ketones (excluding diaryl/α,β-unsaturated/α-hetero) is 3. The normalized spacial score (nSPS) is 9.86. The van der Waals surface area contributed by atoms with Crippen molar-refractivity contribution in [2.75, 3.05) is 91.2 Å². The lowest BCUT2D eigenvalue weighted by atomic mass is 9.78. The Labute approximate surface area is 548 Å². The van der Waals surface area contributed by atoms with Gasteiger partial charge in [0.2, 0.25) is 0 Å². The first-order valence-electron chi connectivity index (χ1n) is 27.3. The molecule has 26 heteroatoms. The molecule has 0 radical (unpaired) electrons. The van der Waals surface area contributed by atoms with Gasteiger partial charge in [-0.2, -0.15) is 46.5 Å². The van der Waals surface area contributed by atoms with Crippen LogP contribution < -0.4 is 4.90 Å². The maximum absolute atomic E-state index is 11.6. The molecule has 3 aromatic rings. The summed E-state index contributed by atoms with van der Waals surface area (Å²) in [4.78, 5) is 60.8. The minimum Gasteiger partial charge on any atom is -0.469 e. The van der Waals surface area contributed by atoms with Crippen LogP contribution >= 0.6 is 11.8 Å². The van der Waals surface area contributed by atoms with Crippen molar-refractivity contribution in [3.63, 3.8) is 0 Å². The number of thioether (sulfide) groups is 1. The van der Waals surface area contributed by atoms with Crippen molar-refractivity contribution in [3.8, 4) is 0 Å². The van der Waals surface area contributed by atoms with Crippen molar-refractivity contribution >= 4 is 83.5 Å². The zero-order chi connectivity index (χ0) is 75.1. The number of nitrogens with zero attached hydrogens (tertiary/aromatic N) is 1. The fourth-order valence-corrected chi connectivity index (χ4v) is 3.32. The first-order chi connectivity index (χ1) is 40.2. The van der Waals surface area contributed by atoms with Crippen molar-refractivity contribution in [2.45, 2.75) is 169 Å². The molecule has 0 unspecified atom stereocenters. The van der Waals surface area contributed by atoms with E-state index in [0.717, 1.165) is 25.9 Å². The van der Waals surface area contributed by atoms with Gasteiger partial charge in [-0.25, -0.2) is 8.42 Å². The highest BCUT2D eigenvalue weighted by Gasteiger charge is 2.64. The van der Waals surface area contributed by atoms with E-state index in [2.05, 4.69) is 165 Å². The number of hydrogen-bond donors (Lipinski definition) is 0. The highest BCUT2D eigenvalue weighted by molar-refractivity contribution is 7.97. The average Bonchev–Trinajstić information content (AvgIpc) is 3.34. The molecule has 0 aliphatic rings. The summed E-state index contributed by atoms with van der Waals surface area (Å²) in [6.07, 6.45) is 2.77. The lowest BCUT2D eigenvalue weighted by Gasteiger charge is -2.29. The Bertz CT molecular complexity index is 2270. The van der Waals surface area contributed by atoms with Gasteiger partial charge in [0, 0.05) is 96.0 Å². The zero-order valence-corrected chi connectivity index (χ0v) is 63.5. The van der Waals surface area contributed by atoms with Gasteiger partial charge in [0.05, 0.1) is 26.9 Å². The fourth-order valence-electron chi connectivity index (χ4n) is 3.32. The number of carbonyl (C=O) groups is 6. The van der Waals surface area contributed by atoms with Crippen LogP contribution in [0.3, 0.4) is 0 Å². The molecule has 0 amide bonds. The zero-order valence-electron chi connectivity index (χ0n) is 60.3. The Morgan fingerprint density at radius 1 is 0.522 bits per heavy atom. The van der Waals surface area contributed by atoms with Crippen molar-refractivity contribution in [3.05, 3.63) is 102 Å². The van der Waals surface area contributed by atoms with Crippen LogP contribution in [-0.4, -0.2) is 155 Å². The maximum atomic E-state index is 11.6. The van der Waals surface area contributed by atoms with Gasteiger partial charge in [-0.1, -0.05) is 161 Å². The Balaban J connectivity index is -0.0000000747. The van der Waals surface area contributed by atoms with Gasteiger partial charge in [0.1, 0.15) is 27.2 Å². The first kappa shape index (κ1) is 113. The monoisotopic (exact) mass is 1380 g/mol. The molecule has 0 aromatic heterocycles. The Kier molecular flexibility index (Phi) is 83.6. The number of methoxy groups -OCH3 is 2. The summed E-state index contributed by atoms with van der Waals surface area (Å²) >= 11 is 1.75. The van der Waals surface area contributed by atoms with Crippen LogP contribution in [0.15, 0.2) is 91.0 Å². The number of ketones is 3. The van der Waals surface area contributed by atoms with E-state index in [4.69, 9.17) is 0 Å². The van der Waals surface area contributed by atoms with Crippen molar-refractivity contribution in [1.29, 1.82) is 0 Å².